The highest BCUT2D eigenvalue weighted by atomic mass is 16.5. The average Bonchev–Trinajstić information content (AvgIpc) is 3.20. The van der Waals surface area contributed by atoms with Gasteiger partial charge in [-0.25, -0.2) is 4.79 Å². The van der Waals surface area contributed by atoms with Crippen LogP contribution in [0.25, 0.3) is 5.88 Å². The number of rotatable bonds is 4. The van der Waals surface area contributed by atoms with Gasteiger partial charge in [-0.3, -0.25) is 9.36 Å². The van der Waals surface area contributed by atoms with Crippen LogP contribution in [0.1, 0.15) is 54.3 Å². The Morgan fingerprint density at radius 1 is 1.19 bits per heavy atom. The molecule has 7 heteroatoms. The van der Waals surface area contributed by atoms with Crippen molar-refractivity contribution in [3.63, 3.8) is 0 Å². The lowest BCUT2D eigenvalue weighted by Crippen LogP contribution is -2.40. The minimum absolute atomic E-state index is 0.0664. The first kappa shape index (κ1) is 18.8. The van der Waals surface area contributed by atoms with Crippen LogP contribution in [0.5, 0.6) is 0 Å². The predicted octanol–water partition coefficient (Wildman–Crippen LogP) is 3.20. The summed E-state index contributed by atoms with van der Waals surface area (Å²) in [6.45, 7) is 4.55. The molecule has 1 aliphatic heterocycles. The van der Waals surface area contributed by atoms with Gasteiger partial charge < -0.3 is 14.1 Å². The molecule has 142 valence electrons. The zero-order valence-corrected chi connectivity index (χ0v) is 15.6. The van der Waals surface area contributed by atoms with Gasteiger partial charge in [0.05, 0.1) is 0 Å². The number of amides is 1. The molecular formula is C20H23N3O4. The number of hydrogen-bond acceptors (Lipinski definition) is 5. The summed E-state index contributed by atoms with van der Waals surface area (Å²) >= 11 is 0. The summed E-state index contributed by atoms with van der Waals surface area (Å²) < 4.78 is 12.6. The molecular weight excluding hydrogens is 346 g/mol. The summed E-state index contributed by atoms with van der Waals surface area (Å²) in [7, 11) is 0. The fraction of sp³-hybridized carbons (Fsp3) is 0.450. The van der Waals surface area contributed by atoms with Gasteiger partial charge in [0.25, 0.3) is 5.91 Å². The summed E-state index contributed by atoms with van der Waals surface area (Å²) in [6.07, 6.45) is 6.68. The Morgan fingerprint density at radius 2 is 1.81 bits per heavy atom. The molecule has 0 bridgehead atoms. The van der Waals surface area contributed by atoms with E-state index < -0.39 is 12.1 Å². The molecule has 0 radical (unpaired) electrons. The molecule has 3 rings (SSSR count). The van der Waals surface area contributed by atoms with E-state index >= 15 is 0 Å². The van der Waals surface area contributed by atoms with Gasteiger partial charge in [0.15, 0.2) is 6.10 Å². The van der Waals surface area contributed by atoms with Crippen LogP contribution in [0.15, 0.2) is 28.9 Å². The van der Waals surface area contributed by atoms with Crippen LogP contribution in [-0.4, -0.2) is 40.5 Å². The molecule has 0 aliphatic carbocycles. The molecule has 2 aromatic heterocycles. The van der Waals surface area contributed by atoms with Crippen LogP contribution in [-0.2, 0) is 9.53 Å². The second-order valence-corrected chi connectivity index (χ2v) is 6.70. The molecule has 1 aliphatic rings. The van der Waals surface area contributed by atoms with Gasteiger partial charge in [-0.15, -0.1) is 0 Å². The molecule has 1 fully saturated rings. The number of aryl methyl sites for hydroxylation is 1. The Kier molecular flexibility index (Phi) is 5.65. The molecule has 7 nitrogen and oxygen atoms in total. The highest BCUT2D eigenvalue weighted by Gasteiger charge is 2.30. The van der Waals surface area contributed by atoms with E-state index in [0.717, 1.165) is 25.7 Å². The Hall–Kier alpha value is -3.01. The maximum absolute atomic E-state index is 12.7. The van der Waals surface area contributed by atoms with E-state index in [4.69, 9.17) is 9.15 Å². The van der Waals surface area contributed by atoms with Gasteiger partial charge in [0.1, 0.15) is 23.0 Å². The van der Waals surface area contributed by atoms with Crippen LogP contribution in [0.2, 0.25) is 0 Å². The third-order valence-electron chi connectivity index (χ3n) is 4.77. The lowest BCUT2D eigenvalue weighted by molar-refractivity contribution is -0.139. The zero-order valence-electron chi connectivity index (χ0n) is 15.6. The van der Waals surface area contributed by atoms with Crippen molar-refractivity contribution in [1.82, 2.24) is 9.47 Å². The molecule has 1 saturated heterocycles. The number of likely N-dealkylation sites (tertiary alicyclic amines) is 1. The van der Waals surface area contributed by atoms with Crippen LogP contribution in [0, 0.1) is 18.3 Å². The topological polar surface area (TPSA) is 88.5 Å². The molecule has 2 aromatic rings. The summed E-state index contributed by atoms with van der Waals surface area (Å²) in [5.41, 5.74) is 0.167. The fourth-order valence-corrected chi connectivity index (χ4v) is 3.35. The maximum Gasteiger partial charge on any atom is 0.343 e. The summed E-state index contributed by atoms with van der Waals surface area (Å²) in [5.74, 6) is -0.370. The first-order valence-electron chi connectivity index (χ1n) is 9.19. The van der Waals surface area contributed by atoms with Crippen LogP contribution < -0.4 is 0 Å². The van der Waals surface area contributed by atoms with Crippen LogP contribution in [0.3, 0.4) is 0 Å². The van der Waals surface area contributed by atoms with E-state index in [1.165, 1.54) is 0 Å². The monoisotopic (exact) mass is 369 g/mol. The summed E-state index contributed by atoms with van der Waals surface area (Å²) in [6, 6.07) is 5.60. The number of carbonyl (C=O) groups is 2. The van der Waals surface area contributed by atoms with Crippen molar-refractivity contribution in [2.24, 2.45) is 0 Å². The van der Waals surface area contributed by atoms with Gasteiger partial charge in [0.2, 0.25) is 5.88 Å². The summed E-state index contributed by atoms with van der Waals surface area (Å²) in [5, 5.41) is 9.53. The molecule has 3 heterocycles. The predicted molar refractivity (Wildman–Crippen MR) is 97.4 cm³/mol. The van der Waals surface area contributed by atoms with Gasteiger partial charge >= 0.3 is 5.97 Å². The second-order valence-electron chi connectivity index (χ2n) is 6.70. The van der Waals surface area contributed by atoms with Crippen molar-refractivity contribution < 1.29 is 18.7 Å². The van der Waals surface area contributed by atoms with Gasteiger partial charge in [-0.05, 0) is 38.8 Å². The molecule has 1 amide bonds. The van der Waals surface area contributed by atoms with Gasteiger partial charge in [-0.1, -0.05) is 12.8 Å². The quantitative estimate of drug-likeness (QED) is 0.772. The molecule has 0 saturated carbocycles. The number of esters is 1. The van der Waals surface area contributed by atoms with Crippen LogP contribution in [0.4, 0.5) is 0 Å². The van der Waals surface area contributed by atoms with E-state index in [2.05, 4.69) is 0 Å². The number of ether oxygens (including phenoxy) is 1. The Bertz CT molecular complexity index is 853. The standard InChI is InChI=1S/C20H23N3O4/c1-14-17(16(13-21)19(26-14)23-11-7-8-12-23)20(25)27-15(2)18(24)22-9-5-3-4-6-10-22/h7-8,11-12,15H,3-6,9-10H2,1-2H3/t15-/m0/s1. The fourth-order valence-electron chi connectivity index (χ4n) is 3.35. The van der Waals surface area contributed by atoms with E-state index in [1.54, 1.807) is 47.8 Å². The van der Waals surface area contributed by atoms with E-state index in [-0.39, 0.29) is 28.7 Å². The smallest absolute Gasteiger partial charge is 0.343 e. The molecule has 0 spiro atoms. The molecule has 0 aromatic carbocycles. The lowest BCUT2D eigenvalue weighted by Gasteiger charge is -2.23. The van der Waals surface area contributed by atoms with E-state index in [9.17, 15) is 14.9 Å². The molecule has 1 atom stereocenters. The maximum atomic E-state index is 12.7. The number of aromatic nitrogens is 1. The van der Waals surface area contributed by atoms with Crippen molar-refractivity contribution in [2.45, 2.75) is 45.6 Å². The minimum Gasteiger partial charge on any atom is -0.449 e. The molecule has 0 N–H and O–H groups in total. The number of hydrogen-bond donors (Lipinski definition) is 0. The van der Waals surface area contributed by atoms with E-state index in [1.807, 2.05) is 6.07 Å². The normalized spacial score (nSPS) is 15.7. The summed E-state index contributed by atoms with van der Waals surface area (Å²) in [4.78, 5) is 27.0. The van der Waals surface area contributed by atoms with Crippen molar-refractivity contribution in [3.05, 3.63) is 41.4 Å². The number of furan rings is 1. The molecule has 0 unspecified atom stereocenters. The Labute approximate surface area is 158 Å². The second kappa shape index (κ2) is 8.12. The average molecular weight is 369 g/mol. The number of nitriles is 1. The Balaban J connectivity index is 1.78. The SMILES string of the molecule is Cc1oc(-n2cccc2)c(C#N)c1C(=O)O[C@@H](C)C(=O)N1CCCCCC1. The highest BCUT2D eigenvalue weighted by Crippen LogP contribution is 2.26. The first-order chi connectivity index (χ1) is 13.0. The van der Waals surface area contributed by atoms with E-state index in [0.29, 0.717) is 13.1 Å². The largest absolute Gasteiger partial charge is 0.449 e. The zero-order chi connectivity index (χ0) is 19.4. The molecule has 27 heavy (non-hydrogen) atoms. The van der Waals surface area contributed by atoms with Gasteiger partial charge in [0, 0.05) is 25.5 Å². The Morgan fingerprint density at radius 3 is 2.41 bits per heavy atom. The minimum atomic E-state index is -0.911. The third kappa shape index (κ3) is 3.90. The van der Waals surface area contributed by atoms with Gasteiger partial charge in [-0.2, -0.15) is 5.26 Å². The highest BCUT2D eigenvalue weighted by molar-refractivity contribution is 5.96. The van der Waals surface area contributed by atoms with Crippen LogP contribution >= 0.6 is 0 Å². The number of nitrogens with zero attached hydrogens (tertiary/aromatic N) is 3. The van der Waals surface area contributed by atoms with Crippen molar-refractivity contribution in [2.75, 3.05) is 13.1 Å². The van der Waals surface area contributed by atoms with Crippen molar-refractivity contribution in [1.29, 1.82) is 5.26 Å². The third-order valence-corrected chi connectivity index (χ3v) is 4.77. The van der Waals surface area contributed by atoms with Crippen molar-refractivity contribution in [3.8, 4) is 12.0 Å². The lowest BCUT2D eigenvalue weighted by atomic mass is 10.1. The number of carbonyl (C=O) groups excluding carboxylic acids is 2. The first-order valence-corrected chi connectivity index (χ1v) is 9.19. The van der Waals surface area contributed by atoms with Crippen molar-refractivity contribution >= 4 is 11.9 Å².